The van der Waals surface area contributed by atoms with Gasteiger partial charge in [-0.1, -0.05) is 25.8 Å². The first-order valence-electron chi connectivity index (χ1n) is 6.34. The van der Waals surface area contributed by atoms with Gasteiger partial charge in [0.25, 0.3) is 0 Å². The number of ether oxygens (including phenoxy) is 1. The van der Waals surface area contributed by atoms with Gasteiger partial charge in [0.15, 0.2) is 0 Å². The Labute approximate surface area is 111 Å². The lowest BCUT2D eigenvalue weighted by molar-refractivity contribution is 0.158. The van der Waals surface area contributed by atoms with Gasteiger partial charge in [-0.3, -0.25) is 9.05 Å². The molecule has 110 valence electrons. The Morgan fingerprint density at radius 3 is 2.17 bits per heavy atom. The van der Waals surface area contributed by atoms with Crippen LogP contribution >= 0.6 is 7.82 Å². The molecule has 1 unspecified atom stereocenters. The van der Waals surface area contributed by atoms with Crippen molar-refractivity contribution >= 4 is 7.82 Å². The molecule has 0 saturated carbocycles. The van der Waals surface area contributed by atoms with E-state index in [1.54, 1.807) is 0 Å². The normalized spacial score (nSPS) is 13.3. The van der Waals surface area contributed by atoms with Crippen LogP contribution < -0.4 is 0 Å². The average Bonchev–Trinajstić information content (AvgIpc) is 2.34. The number of phosphoric ester groups is 1. The number of hydrogen-bond acceptors (Lipinski definition) is 4. The van der Waals surface area contributed by atoms with Crippen LogP contribution in [0.3, 0.4) is 0 Å². The molecule has 0 aliphatic carbocycles. The molecule has 0 aromatic rings. The van der Waals surface area contributed by atoms with Crippen molar-refractivity contribution in [1.82, 2.24) is 0 Å². The second kappa shape index (κ2) is 14.9. The van der Waals surface area contributed by atoms with E-state index in [0.717, 1.165) is 32.5 Å². The van der Waals surface area contributed by atoms with Gasteiger partial charge in [0.1, 0.15) is 0 Å². The molecule has 0 aliphatic rings. The van der Waals surface area contributed by atoms with Crippen molar-refractivity contribution in [2.24, 2.45) is 0 Å². The highest BCUT2D eigenvalue weighted by atomic mass is 31.2. The maximum atomic E-state index is 11.0. The van der Waals surface area contributed by atoms with E-state index in [4.69, 9.17) is 9.63 Å². The van der Waals surface area contributed by atoms with Gasteiger partial charge in [-0.05, 0) is 20.3 Å². The standard InChI is InChI=1S/C8H17O4P.C4H10O/c1-3-5-6-8-12-13(9,10)11-7-4-2;1-3-5-4-2/h4H,2-3,5-8H2,1H3,(H,9,10);3-4H2,1-2H3. The third kappa shape index (κ3) is 18.2. The van der Waals surface area contributed by atoms with Crippen molar-refractivity contribution in [2.75, 3.05) is 26.4 Å². The Bertz CT molecular complexity index is 219. The van der Waals surface area contributed by atoms with Crippen molar-refractivity contribution in [3.63, 3.8) is 0 Å². The minimum atomic E-state index is -3.82. The molecule has 0 heterocycles. The lowest BCUT2D eigenvalue weighted by Crippen LogP contribution is -1.96. The predicted molar refractivity (Wildman–Crippen MR) is 73.6 cm³/mol. The fraction of sp³-hybridized carbons (Fsp3) is 0.833. The monoisotopic (exact) mass is 282 g/mol. The Kier molecular flexibility index (Phi) is 16.6. The first-order chi connectivity index (χ1) is 8.54. The highest BCUT2D eigenvalue weighted by Gasteiger charge is 2.19. The highest BCUT2D eigenvalue weighted by molar-refractivity contribution is 7.47. The summed E-state index contributed by atoms with van der Waals surface area (Å²) in [5.41, 5.74) is 0. The van der Waals surface area contributed by atoms with Gasteiger partial charge in [0.05, 0.1) is 13.2 Å². The molecule has 1 atom stereocenters. The van der Waals surface area contributed by atoms with Crippen LogP contribution in [0.25, 0.3) is 0 Å². The maximum absolute atomic E-state index is 11.0. The SMILES string of the molecule is C=CCOP(=O)(O)OCCCCC.CCOCC. The number of hydrogen-bond donors (Lipinski definition) is 1. The van der Waals surface area contributed by atoms with E-state index in [-0.39, 0.29) is 13.2 Å². The minimum Gasteiger partial charge on any atom is -0.382 e. The van der Waals surface area contributed by atoms with Crippen LogP contribution in [0.2, 0.25) is 0 Å². The summed E-state index contributed by atoms with van der Waals surface area (Å²) in [5.74, 6) is 0. The molecule has 0 aliphatic heterocycles. The summed E-state index contributed by atoms with van der Waals surface area (Å²) in [7, 11) is -3.82. The molecule has 0 saturated heterocycles. The quantitative estimate of drug-likeness (QED) is 0.377. The Morgan fingerprint density at radius 2 is 1.78 bits per heavy atom. The fourth-order valence-corrected chi connectivity index (χ4v) is 1.65. The van der Waals surface area contributed by atoms with E-state index in [9.17, 15) is 4.57 Å². The van der Waals surface area contributed by atoms with Crippen molar-refractivity contribution < 1.29 is 23.2 Å². The third-order valence-corrected chi connectivity index (χ3v) is 2.75. The summed E-state index contributed by atoms with van der Waals surface area (Å²) in [4.78, 5) is 9.01. The molecule has 0 aromatic heterocycles. The Balaban J connectivity index is 0. The van der Waals surface area contributed by atoms with E-state index >= 15 is 0 Å². The fourth-order valence-electron chi connectivity index (χ4n) is 0.920. The maximum Gasteiger partial charge on any atom is 0.472 e. The van der Waals surface area contributed by atoms with Gasteiger partial charge in [-0.2, -0.15) is 0 Å². The van der Waals surface area contributed by atoms with E-state index in [1.165, 1.54) is 6.08 Å². The van der Waals surface area contributed by atoms with Gasteiger partial charge in [0, 0.05) is 13.2 Å². The van der Waals surface area contributed by atoms with Crippen LogP contribution in [0.1, 0.15) is 40.0 Å². The van der Waals surface area contributed by atoms with Crippen LogP contribution in [-0.4, -0.2) is 31.3 Å². The zero-order valence-electron chi connectivity index (χ0n) is 11.8. The lowest BCUT2D eigenvalue weighted by Gasteiger charge is -2.10. The average molecular weight is 282 g/mol. The molecule has 0 amide bonds. The summed E-state index contributed by atoms with van der Waals surface area (Å²) in [6, 6.07) is 0. The summed E-state index contributed by atoms with van der Waals surface area (Å²) in [6.07, 6.45) is 4.21. The third-order valence-electron chi connectivity index (χ3n) is 1.77. The van der Waals surface area contributed by atoms with Gasteiger partial charge in [-0.25, -0.2) is 4.57 Å². The Morgan fingerprint density at radius 1 is 1.17 bits per heavy atom. The first-order valence-corrected chi connectivity index (χ1v) is 7.84. The summed E-state index contributed by atoms with van der Waals surface area (Å²) in [6.45, 7) is 11.4. The van der Waals surface area contributed by atoms with Crippen molar-refractivity contribution in [2.45, 2.75) is 40.0 Å². The molecule has 18 heavy (non-hydrogen) atoms. The zero-order valence-corrected chi connectivity index (χ0v) is 12.7. The first kappa shape index (κ1) is 20.1. The molecule has 0 aromatic carbocycles. The molecular formula is C12H27O5P. The Hall–Kier alpha value is -0.190. The molecule has 6 heteroatoms. The van der Waals surface area contributed by atoms with Crippen LogP contribution in [0.5, 0.6) is 0 Å². The van der Waals surface area contributed by atoms with Gasteiger partial charge in [-0.15, -0.1) is 6.58 Å². The van der Waals surface area contributed by atoms with Crippen molar-refractivity contribution in [3.8, 4) is 0 Å². The number of unbranched alkanes of at least 4 members (excludes halogenated alkanes) is 2. The van der Waals surface area contributed by atoms with Crippen molar-refractivity contribution in [1.29, 1.82) is 0 Å². The minimum absolute atomic E-state index is 0.0293. The van der Waals surface area contributed by atoms with Crippen LogP contribution in [-0.2, 0) is 18.3 Å². The second-order valence-electron chi connectivity index (χ2n) is 3.37. The summed E-state index contributed by atoms with van der Waals surface area (Å²) >= 11 is 0. The highest BCUT2D eigenvalue weighted by Crippen LogP contribution is 2.43. The number of rotatable bonds is 10. The summed E-state index contributed by atoms with van der Waals surface area (Å²) in [5, 5.41) is 0. The van der Waals surface area contributed by atoms with Gasteiger partial charge >= 0.3 is 7.82 Å². The van der Waals surface area contributed by atoms with E-state index in [1.807, 2.05) is 20.8 Å². The lowest BCUT2D eigenvalue weighted by atomic mass is 10.3. The zero-order chi connectivity index (χ0) is 14.3. The summed E-state index contributed by atoms with van der Waals surface area (Å²) < 4.78 is 25.0. The smallest absolute Gasteiger partial charge is 0.382 e. The van der Waals surface area contributed by atoms with Gasteiger partial charge in [0.2, 0.25) is 0 Å². The van der Waals surface area contributed by atoms with Crippen molar-refractivity contribution in [3.05, 3.63) is 12.7 Å². The van der Waals surface area contributed by atoms with Crippen LogP contribution in [0.15, 0.2) is 12.7 Å². The van der Waals surface area contributed by atoms with E-state index < -0.39 is 7.82 Å². The van der Waals surface area contributed by atoms with E-state index in [2.05, 4.69) is 15.6 Å². The molecule has 0 radical (unpaired) electrons. The molecule has 0 rings (SSSR count). The van der Waals surface area contributed by atoms with Gasteiger partial charge < -0.3 is 9.63 Å². The second-order valence-corrected chi connectivity index (χ2v) is 4.83. The molecule has 5 nitrogen and oxygen atoms in total. The van der Waals surface area contributed by atoms with Crippen LogP contribution in [0.4, 0.5) is 0 Å². The molecular weight excluding hydrogens is 255 g/mol. The van der Waals surface area contributed by atoms with E-state index in [0.29, 0.717) is 0 Å². The molecule has 0 fully saturated rings. The molecule has 0 bridgehead atoms. The molecule has 1 N–H and O–H groups in total. The molecule has 0 spiro atoms. The largest absolute Gasteiger partial charge is 0.472 e. The topological polar surface area (TPSA) is 65.0 Å². The number of phosphoric acid groups is 1. The predicted octanol–water partition coefficient (Wildman–Crippen LogP) is 3.54. The van der Waals surface area contributed by atoms with Crippen LogP contribution in [0, 0.1) is 0 Å².